The molecular weight excluding hydrogens is 407 g/mol. The molecule has 146 valence electrons. The molecule has 28 heavy (non-hydrogen) atoms. The molecule has 0 aromatic heterocycles. The molecule has 2 heterocycles. The Labute approximate surface area is 174 Å². The van der Waals surface area contributed by atoms with Gasteiger partial charge in [-0.15, -0.1) is 0 Å². The summed E-state index contributed by atoms with van der Waals surface area (Å²) in [5.41, 5.74) is 7.89. The van der Waals surface area contributed by atoms with Gasteiger partial charge in [0.1, 0.15) is 0 Å². The fourth-order valence-electron chi connectivity index (χ4n) is 4.55. The maximum atomic E-state index is 5.45. The summed E-state index contributed by atoms with van der Waals surface area (Å²) in [6.45, 7) is 11.7. The molecule has 0 fully saturated rings. The van der Waals surface area contributed by atoms with Crippen LogP contribution >= 0.6 is 0 Å². The first-order valence-electron chi connectivity index (χ1n) is 10.1. The van der Waals surface area contributed by atoms with Gasteiger partial charge < -0.3 is 0 Å². The Hall–Kier alpha value is -1.76. The zero-order valence-electron chi connectivity index (χ0n) is 17.9. The number of rotatable bonds is 2. The number of allylic oxidation sites excluding steroid dienone is 3. The van der Waals surface area contributed by atoms with Gasteiger partial charge >= 0.3 is 174 Å². The van der Waals surface area contributed by atoms with Gasteiger partial charge in [-0.25, -0.2) is 0 Å². The van der Waals surface area contributed by atoms with E-state index in [2.05, 4.69) is 89.2 Å². The van der Waals surface area contributed by atoms with E-state index < -0.39 is 13.9 Å². The molecule has 0 aliphatic carbocycles. The average molecular weight is 438 g/mol. The van der Waals surface area contributed by atoms with Crippen LogP contribution in [0.15, 0.2) is 65.8 Å². The Balaban J connectivity index is 2.01. The standard InChI is InChI=1S/C26H31OSe/c1-18-15-26(20-11-13-21(27-6)14-12-20)23-10-8-7-9-22(23)24(16-25(3,4)5)28(26)17-19(18)2/h7-14,16H,15,17H2,1-6H3/q+1/b24-16+. The van der Waals surface area contributed by atoms with E-state index in [4.69, 9.17) is 4.74 Å². The fourth-order valence-corrected chi connectivity index (χ4v) is 12.2. The molecule has 2 unspecified atom stereocenters. The summed E-state index contributed by atoms with van der Waals surface area (Å²) >= 11 is -1.13. The van der Waals surface area contributed by atoms with Crippen molar-refractivity contribution in [2.24, 2.45) is 5.41 Å². The van der Waals surface area contributed by atoms with Crippen molar-refractivity contribution in [2.45, 2.75) is 50.7 Å². The summed E-state index contributed by atoms with van der Waals surface area (Å²) in [5, 5.41) is 1.26. The summed E-state index contributed by atoms with van der Waals surface area (Å²) in [5.74, 6) is 0.938. The van der Waals surface area contributed by atoms with Gasteiger partial charge in [-0.3, -0.25) is 0 Å². The molecule has 0 spiro atoms. The molecule has 2 aromatic rings. The van der Waals surface area contributed by atoms with Gasteiger partial charge in [-0.05, 0) is 0 Å². The zero-order chi connectivity index (χ0) is 20.1. The summed E-state index contributed by atoms with van der Waals surface area (Å²) in [7, 11) is 1.75. The zero-order valence-corrected chi connectivity index (χ0v) is 19.6. The third-order valence-corrected chi connectivity index (χ3v) is 12.4. The number of hydrogen-bond donors (Lipinski definition) is 0. The minimum absolute atomic E-state index is 0.142. The van der Waals surface area contributed by atoms with Gasteiger partial charge in [-0.2, -0.15) is 0 Å². The Morgan fingerprint density at radius 1 is 0.964 bits per heavy atom. The summed E-state index contributed by atoms with van der Waals surface area (Å²) < 4.78 is 7.25. The van der Waals surface area contributed by atoms with Gasteiger partial charge in [0.05, 0.1) is 0 Å². The molecule has 2 atom stereocenters. The molecule has 4 rings (SSSR count). The van der Waals surface area contributed by atoms with E-state index in [9.17, 15) is 0 Å². The Kier molecular flexibility index (Phi) is 4.84. The van der Waals surface area contributed by atoms with Crippen molar-refractivity contribution in [1.29, 1.82) is 0 Å². The Morgan fingerprint density at radius 3 is 2.29 bits per heavy atom. The van der Waals surface area contributed by atoms with Crippen LogP contribution in [0.3, 0.4) is 0 Å². The molecule has 0 bridgehead atoms. The summed E-state index contributed by atoms with van der Waals surface area (Å²) in [6, 6.07) is 18.1. The van der Waals surface area contributed by atoms with E-state index in [1.807, 2.05) is 0 Å². The van der Waals surface area contributed by atoms with E-state index in [1.165, 1.54) is 16.4 Å². The van der Waals surface area contributed by atoms with Crippen LogP contribution in [0, 0.1) is 5.41 Å². The van der Waals surface area contributed by atoms with Crippen LogP contribution in [-0.4, -0.2) is 21.0 Å². The second-order valence-electron chi connectivity index (χ2n) is 9.25. The molecule has 2 aliphatic heterocycles. The molecule has 2 aromatic carbocycles. The van der Waals surface area contributed by atoms with Crippen LogP contribution in [0.25, 0.3) is 4.47 Å². The van der Waals surface area contributed by atoms with Gasteiger partial charge in [-0.1, -0.05) is 0 Å². The van der Waals surface area contributed by atoms with Crippen LogP contribution < -0.4 is 4.74 Å². The van der Waals surface area contributed by atoms with Crippen molar-refractivity contribution in [3.8, 4) is 5.75 Å². The minimum atomic E-state index is -1.13. The van der Waals surface area contributed by atoms with E-state index in [1.54, 1.807) is 28.3 Å². The molecule has 0 N–H and O–H groups in total. The first-order valence-corrected chi connectivity index (χ1v) is 13.0. The van der Waals surface area contributed by atoms with Crippen LogP contribution in [0.4, 0.5) is 0 Å². The third-order valence-electron chi connectivity index (χ3n) is 6.04. The summed E-state index contributed by atoms with van der Waals surface area (Å²) in [6.07, 6.45) is 3.73. The second kappa shape index (κ2) is 6.94. The van der Waals surface area contributed by atoms with E-state index in [0.717, 1.165) is 12.2 Å². The molecule has 0 saturated carbocycles. The van der Waals surface area contributed by atoms with Crippen molar-refractivity contribution in [2.75, 3.05) is 7.11 Å². The molecule has 2 aliphatic rings. The topological polar surface area (TPSA) is 9.23 Å². The Bertz CT molecular complexity index is 959. The van der Waals surface area contributed by atoms with Gasteiger partial charge in [0.2, 0.25) is 0 Å². The molecule has 0 radical (unpaired) electrons. The van der Waals surface area contributed by atoms with E-state index >= 15 is 0 Å². The normalized spacial score (nSPS) is 25.6. The summed E-state index contributed by atoms with van der Waals surface area (Å²) in [4.78, 5) is 0. The first-order chi connectivity index (χ1) is 13.3. The molecule has 2 heteroatoms. The van der Waals surface area contributed by atoms with Crippen molar-refractivity contribution in [1.82, 2.24) is 0 Å². The SMILES string of the molecule is COc1ccc(C23CC(C)=C(C)C[Se+]2/C(=C/C(C)(C)C)c2ccccc23)cc1. The predicted octanol–water partition coefficient (Wildman–Crippen LogP) is 6.74. The van der Waals surface area contributed by atoms with E-state index in [-0.39, 0.29) is 9.73 Å². The van der Waals surface area contributed by atoms with Crippen molar-refractivity contribution in [3.05, 3.63) is 82.4 Å². The van der Waals surface area contributed by atoms with E-state index in [0.29, 0.717) is 0 Å². The second-order valence-corrected chi connectivity index (χ2v) is 13.9. The maximum absolute atomic E-state index is 5.45. The molecule has 0 amide bonds. The van der Waals surface area contributed by atoms with Crippen molar-refractivity contribution in [3.63, 3.8) is 0 Å². The Morgan fingerprint density at radius 2 is 1.64 bits per heavy atom. The number of methoxy groups -OCH3 is 1. The van der Waals surface area contributed by atoms with Crippen LogP contribution in [-0.2, 0) is 4.31 Å². The molecule has 0 saturated heterocycles. The number of hydrogen-bond acceptors (Lipinski definition) is 1. The van der Waals surface area contributed by atoms with Crippen LogP contribution in [0.1, 0.15) is 57.7 Å². The van der Waals surface area contributed by atoms with Crippen molar-refractivity contribution >= 4 is 18.4 Å². The quantitative estimate of drug-likeness (QED) is 0.373. The third kappa shape index (κ3) is 3.08. The average Bonchev–Trinajstić information content (AvgIpc) is 2.92. The predicted molar refractivity (Wildman–Crippen MR) is 121 cm³/mol. The van der Waals surface area contributed by atoms with Crippen LogP contribution in [0.2, 0.25) is 5.32 Å². The van der Waals surface area contributed by atoms with Crippen LogP contribution in [0.5, 0.6) is 5.75 Å². The van der Waals surface area contributed by atoms with Gasteiger partial charge in [0.15, 0.2) is 0 Å². The molecule has 1 nitrogen and oxygen atoms in total. The number of benzene rings is 2. The van der Waals surface area contributed by atoms with Gasteiger partial charge in [0.25, 0.3) is 0 Å². The van der Waals surface area contributed by atoms with Crippen molar-refractivity contribution < 1.29 is 4.74 Å². The number of fused-ring (bicyclic) bond motifs is 3. The first kappa shape index (κ1) is 19.6. The number of ether oxygens (including phenoxy) is 1. The fraction of sp³-hybridized carbons (Fsp3) is 0.385. The molecular formula is C26H31OSe+. The van der Waals surface area contributed by atoms with Gasteiger partial charge in [0, 0.05) is 0 Å². The monoisotopic (exact) mass is 439 g/mol.